The number of rotatable bonds is 3. The minimum absolute atomic E-state index is 0.260. The van der Waals surface area contributed by atoms with Crippen molar-refractivity contribution in [1.29, 1.82) is 0 Å². The first-order chi connectivity index (χ1) is 9.95. The van der Waals surface area contributed by atoms with Crippen LogP contribution in [0.2, 0.25) is 0 Å². The average molecular weight is 321 g/mol. The fourth-order valence-corrected chi connectivity index (χ4v) is 3.04. The van der Waals surface area contributed by atoms with Crippen LogP contribution in [-0.4, -0.2) is 24.6 Å². The first-order valence-corrected chi connectivity index (χ1v) is 8.67. The van der Waals surface area contributed by atoms with Gasteiger partial charge in [-0.25, -0.2) is 13.4 Å². The number of aromatic amines is 1. The van der Waals surface area contributed by atoms with E-state index in [1.807, 2.05) is 30.3 Å². The van der Waals surface area contributed by atoms with Crippen LogP contribution in [0.1, 0.15) is 16.8 Å². The molecule has 1 unspecified atom stereocenters. The van der Waals surface area contributed by atoms with Crippen molar-refractivity contribution in [2.24, 2.45) is 0 Å². The van der Waals surface area contributed by atoms with Crippen LogP contribution < -0.4 is 0 Å². The van der Waals surface area contributed by atoms with Gasteiger partial charge in [-0.05, 0) is 23.8 Å². The molecule has 3 rings (SSSR count). The molecule has 108 valence electrons. The molecule has 6 heteroatoms. The summed E-state index contributed by atoms with van der Waals surface area (Å²) < 4.78 is 23.2. The number of benzene rings is 2. The molecule has 1 atom stereocenters. The Morgan fingerprint density at radius 2 is 1.86 bits per heavy atom. The Labute approximate surface area is 127 Å². The van der Waals surface area contributed by atoms with Crippen LogP contribution in [0, 0.1) is 0 Å². The van der Waals surface area contributed by atoms with E-state index in [1.165, 1.54) is 6.26 Å². The highest BCUT2D eigenvalue weighted by Crippen LogP contribution is 2.28. The lowest BCUT2D eigenvalue weighted by Gasteiger charge is -2.05. The molecular formula is C15H13ClN2O2S. The fourth-order valence-electron chi connectivity index (χ4n) is 2.14. The number of aromatic nitrogens is 2. The van der Waals surface area contributed by atoms with Crippen molar-refractivity contribution >= 4 is 32.5 Å². The number of imidazole rings is 1. The van der Waals surface area contributed by atoms with Crippen LogP contribution in [0.15, 0.2) is 53.4 Å². The van der Waals surface area contributed by atoms with Crippen LogP contribution in [0.5, 0.6) is 0 Å². The third-order valence-electron chi connectivity index (χ3n) is 3.23. The minimum atomic E-state index is -3.24. The van der Waals surface area contributed by atoms with E-state index in [4.69, 9.17) is 11.6 Å². The van der Waals surface area contributed by atoms with Crippen molar-refractivity contribution in [2.45, 2.75) is 10.3 Å². The topological polar surface area (TPSA) is 62.8 Å². The number of fused-ring (bicyclic) bond motifs is 1. The van der Waals surface area contributed by atoms with Crippen molar-refractivity contribution in [3.63, 3.8) is 0 Å². The smallest absolute Gasteiger partial charge is 0.175 e. The molecule has 0 aliphatic carbocycles. The van der Waals surface area contributed by atoms with Gasteiger partial charge < -0.3 is 4.98 Å². The molecule has 0 amide bonds. The first kappa shape index (κ1) is 14.1. The Kier molecular flexibility index (Phi) is 3.47. The van der Waals surface area contributed by atoms with E-state index < -0.39 is 15.2 Å². The van der Waals surface area contributed by atoms with Crippen LogP contribution in [0.4, 0.5) is 0 Å². The standard InChI is InChI=1S/C15H13ClN2O2S/c1-21(19,20)11-7-8-12-13(9-11)18-15(17-12)14(16)10-5-3-2-4-6-10/h2-9,14H,1H3,(H,17,18). The molecule has 1 heterocycles. The molecule has 1 aromatic heterocycles. The normalized spacial score (nSPS) is 13.4. The van der Waals surface area contributed by atoms with Gasteiger partial charge in [-0.15, -0.1) is 11.6 Å². The van der Waals surface area contributed by atoms with Crippen LogP contribution in [-0.2, 0) is 9.84 Å². The third kappa shape index (κ3) is 2.80. The first-order valence-electron chi connectivity index (χ1n) is 6.34. The summed E-state index contributed by atoms with van der Waals surface area (Å²) in [5.74, 6) is 0.600. The summed E-state index contributed by atoms with van der Waals surface area (Å²) >= 11 is 6.42. The highest BCUT2D eigenvalue weighted by Gasteiger charge is 2.16. The van der Waals surface area contributed by atoms with Gasteiger partial charge in [-0.3, -0.25) is 0 Å². The van der Waals surface area contributed by atoms with Gasteiger partial charge in [-0.1, -0.05) is 30.3 Å². The average Bonchev–Trinajstić information content (AvgIpc) is 2.89. The number of nitrogens with zero attached hydrogens (tertiary/aromatic N) is 1. The lowest BCUT2D eigenvalue weighted by atomic mass is 10.1. The maximum absolute atomic E-state index is 11.6. The van der Waals surface area contributed by atoms with Crippen molar-refractivity contribution < 1.29 is 8.42 Å². The maximum Gasteiger partial charge on any atom is 0.175 e. The van der Waals surface area contributed by atoms with Crippen molar-refractivity contribution in [1.82, 2.24) is 9.97 Å². The molecule has 0 aliphatic heterocycles. The minimum Gasteiger partial charge on any atom is -0.340 e. The SMILES string of the molecule is CS(=O)(=O)c1ccc2nc(C(Cl)c3ccccc3)[nH]c2c1. The molecule has 0 spiro atoms. The molecule has 4 nitrogen and oxygen atoms in total. The van der Waals surface area contributed by atoms with Crippen molar-refractivity contribution in [3.05, 3.63) is 59.9 Å². The summed E-state index contributed by atoms with van der Waals surface area (Å²) in [5, 5.41) is -0.403. The number of alkyl halides is 1. The Morgan fingerprint density at radius 3 is 2.52 bits per heavy atom. The summed E-state index contributed by atoms with van der Waals surface area (Å²) in [6.45, 7) is 0. The molecule has 2 aromatic carbocycles. The van der Waals surface area contributed by atoms with Gasteiger partial charge in [0.05, 0.1) is 15.9 Å². The molecular weight excluding hydrogens is 308 g/mol. The molecule has 0 saturated heterocycles. The lowest BCUT2D eigenvalue weighted by molar-refractivity contribution is 0.602. The summed E-state index contributed by atoms with van der Waals surface area (Å²) in [6, 6.07) is 14.4. The Balaban J connectivity index is 2.06. The Morgan fingerprint density at radius 1 is 1.14 bits per heavy atom. The maximum atomic E-state index is 11.6. The monoisotopic (exact) mass is 320 g/mol. The number of halogens is 1. The predicted molar refractivity (Wildman–Crippen MR) is 83.3 cm³/mol. The van der Waals surface area contributed by atoms with Gasteiger partial charge in [0.25, 0.3) is 0 Å². The van der Waals surface area contributed by atoms with Crippen LogP contribution >= 0.6 is 11.6 Å². The number of hydrogen-bond donors (Lipinski definition) is 1. The van der Waals surface area contributed by atoms with E-state index in [0.717, 1.165) is 5.56 Å². The second-order valence-corrected chi connectivity index (χ2v) is 7.30. The van der Waals surface area contributed by atoms with Crippen LogP contribution in [0.3, 0.4) is 0 Å². The molecule has 0 radical (unpaired) electrons. The number of sulfone groups is 1. The molecule has 0 bridgehead atoms. The fraction of sp³-hybridized carbons (Fsp3) is 0.133. The summed E-state index contributed by atoms with van der Waals surface area (Å²) in [7, 11) is -3.24. The zero-order valence-electron chi connectivity index (χ0n) is 11.2. The number of hydrogen-bond acceptors (Lipinski definition) is 3. The van der Waals surface area contributed by atoms with E-state index in [0.29, 0.717) is 16.9 Å². The van der Waals surface area contributed by atoms with E-state index in [1.54, 1.807) is 18.2 Å². The van der Waals surface area contributed by atoms with E-state index in [-0.39, 0.29) is 4.90 Å². The molecule has 1 N–H and O–H groups in total. The largest absolute Gasteiger partial charge is 0.340 e. The van der Waals surface area contributed by atoms with E-state index in [2.05, 4.69) is 9.97 Å². The summed E-state index contributed by atoms with van der Waals surface area (Å²) in [5.41, 5.74) is 2.29. The molecule has 0 saturated carbocycles. The highest BCUT2D eigenvalue weighted by atomic mass is 35.5. The number of H-pyrrole nitrogens is 1. The zero-order valence-corrected chi connectivity index (χ0v) is 12.8. The molecule has 21 heavy (non-hydrogen) atoms. The van der Waals surface area contributed by atoms with Gasteiger partial charge in [0.15, 0.2) is 9.84 Å². The predicted octanol–water partition coefficient (Wildman–Crippen LogP) is 3.29. The molecule has 3 aromatic rings. The molecule has 0 aliphatic rings. The third-order valence-corrected chi connectivity index (χ3v) is 4.80. The Hall–Kier alpha value is -1.85. The van der Waals surface area contributed by atoms with Gasteiger partial charge in [0, 0.05) is 6.26 Å². The zero-order chi connectivity index (χ0) is 15.0. The van der Waals surface area contributed by atoms with Crippen molar-refractivity contribution in [2.75, 3.05) is 6.26 Å². The van der Waals surface area contributed by atoms with E-state index in [9.17, 15) is 8.42 Å². The second kappa shape index (κ2) is 5.16. The number of nitrogens with one attached hydrogen (secondary N) is 1. The highest BCUT2D eigenvalue weighted by molar-refractivity contribution is 7.90. The van der Waals surface area contributed by atoms with Crippen molar-refractivity contribution in [3.8, 4) is 0 Å². The second-order valence-electron chi connectivity index (χ2n) is 4.85. The van der Waals surface area contributed by atoms with E-state index >= 15 is 0 Å². The van der Waals surface area contributed by atoms with Gasteiger partial charge in [-0.2, -0.15) is 0 Å². The molecule has 0 fully saturated rings. The summed E-state index contributed by atoms with van der Waals surface area (Å²) in [4.78, 5) is 7.79. The van der Waals surface area contributed by atoms with Gasteiger partial charge in [0.1, 0.15) is 11.2 Å². The van der Waals surface area contributed by atoms with Gasteiger partial charge in [0.2, 0.25) is 0 Å². The summed E-state index contributed by atoms with van der Waals surface area (Å²) in [6.07, 6.45) is 1.18. The Bertz CT molecular complexity index is 888. The lowest BCUT2D eigenvalue weighted by Crippen LogP contribution is -1.96. The quantitative estimate of drug-likeness (QED) is 0.753. The van der Waals surface area contributed by atoms with Crippen LogP contribution in [0.25, 0.3) is 11.0 Å². The van der Waals surface area contributed by atoms with Gasteiger partial charge >= 0.3 is 0 Å².